The van der Waals surface area contributed by atoms with Gasteiger partial charge in [-0.3, -0.25) is 0 Å². The molecule has 4 N–H and O–H groups in total. The summed E-state index contributed by atoms with van der Waals surface area (Å²) >= 11 is 0. The molecular weight excluding hydrogens is 208 g/mol. The van der Waals surface area contributed by atoms with Crippen LogP contribution in [0.5, 0.6) is 0 Å². The highest BCUT2D eigenvalue weighted by molar-refractivity contribution is 5.79. The van der Waals surface area contributed by atoms with Crippen LogP contribution in [0.1, 0.15) is 11.1 Å². The van der Waals surface area contributed by atoms with Gasteiger partial charge in [0.1, 0.15) is 0 Å². The molecule has 2 aliphatic rings. The highest BCUT2D eigenvalue weighted by Gasteiger charge is 2.19. The fourth-order valence-electron chi connectivity index (χ4n) is 2.36. The lowest BCUT2D eigenvalue weighted by molar-refractivity contribution is 1.12. The van der Waals surface area contributed by atoms with Crippen molar-refractivity contribution in [2.75, 3.05) is 0 Å². The van der Waals surface area contributed by atoms with Gasteiger partial charge in [0.15, 0.2) is 0 Å². The molecule has 17 heavy (non-hydrogen) atoms. The summed E-state index contributed by atoms with van der Waals surface area (Å²) in [5.41, 5.74) is 18.4. The van der Waals surface area contributed by atoms with Crippen LogP contribution in [-0.4, -0.2) is 0 Å². The molecule has 0 saturated carbocycles. The average Bonchev–Trinajstić information content (AvgIpc) is 2.51. The first-order valence-corrected chi connectivity index (χ1v) is 5.68. The maximum atomic E-state index is 6.24. The van der Waals surface area contributed by atoms with Crippen molar-refractivity contribution in [1.82, 2.24) is 0 Å². The Morgan fingerprint density at radius 2 is 1.88 bits per heavy atom. The molecule has 0 unspecified atom stereocenters. The first-order chi connectivity index (χ1) is 8.25. The van der Waals surface area contributed by atoms with Crippen LogP contribution in [0.3, 0.4) is 0 Å². The van der Waals surface area contributed by atoms with Gasteiger partial charge in [-0.2, -0.15) is 0 Å². The molecule has 2 heteroatoms. The van der Waals surface area contributed by atoms with Gasteiger partial charge in [0.2, 0.25) is 0 Å². The predicted molar refractivity (Wildman–Crippen MR) is 70.7 cm³/mol. The fraction of sp³-hybridized carbons (Fsp3) is 0.0667. The van der Waals surface area contributed by atoms with Crippen molar-refractivity contribution in [2.45, 2.75) is 6.42 Å². The topological polar surface area (TPSA) is 52.0 Å². The van der Waals surface area contributed by atoms with E-state index in [0.29, 0.717) is 0 Å². The number of benzene rings is 1. The molecular formula is C15H14N2. The van der Waals surface area contributed by atoms with E-state index in [0.717, 1.165) is 29.0 Å². The SMILES string of the molecule is NC1=CC2=C(N)c3ccccc3CC2=CC=C1. The van der Waals surface area contributed by atoms with Crippen LogP contribution in [0, 0.1) is 0 Å². The van der Waals surface area contributed by atoms with Crippen molar-refractivity contribution >= 4 is 5.70 Å². The van der Waals surface area contributed by atoms with Crippen LogP contribution in [0.15, 0.2) is 65.4 Å². The summed E-state index contributed by atoms with van der Waals surface area (Å²) in [5.74, 6) is 0. The summed E-state index contributed by atoms with van der Waals surface area (Å²) in [6, 6.07) is 8.26. The van der Waals surface area contributed by atoms with Gasteiger partial charge < -0.3 is 11.5 Å². The summed E-state index contributed by atoms with van der Waals surface area (Å²) in [6.07, 6.45) is 8.85. The smallest absolute Gasteiger partial charge is 0.0467 e. The molecule has 0 spiro atoms. The third-order valence-corrected chi connectivity index (χ3v) is 3.22. The number of hydrogen-bond donors (Lipinski definition) is 2. The lowest BCUT2D eigenvalue weighted by Gasteiger charge is -2.21. The molecule has 2 aliphatic carbocycles. The number of hydrogen-bond acceptors (Lipinski definition) is 2. The van der Waals surface area contributed by atoms with Gasteiger partial charge in [0.05, 0.1) is 0 Å². The third-order valence-electron chi connectivity index (χ3n) is 3.22. The van der Waals surface area contributed by atoms with Gasteiger partial charge in [0.25, 0.3) is 0 Å². The molecule has 3 rings (SSSR count). The lowest BCUT2D eigenvalue weighted by Crippen LogP contribution is -2.12. The van der Waals surface area contributed by atoms with Gasteiger partial charge >= 0.3 is 0 Å². The van der Waals surface area contributed by atoms with Gasteiger partial charge in [-0.1, -0.05) is 36.4 Å². The van der Waals surface area contributed by atoms with Crippen LogP contribution < -0.4 is 11.5 Å². The minimum atomic E-state index is 0.744. The van der Waals surface area contributed by atoms with E-state index in [1.54, 1.807) is 0 Å². The Labute approximate surface area is 101 Å². The summed E-state index contributed by atoms with van der Waals surface area (Å²) in [7, 11) is 0. The van der Waals surface area contributed by atoms with Gasteiger partial charge in [-0.05, 0) is 29.7 Å². The van der Waals surface area contributed by atoms with Crippen molar-refractivity contribution in [3.8, 4) is 0 Å². The zero-order chi connectivity index (χ0) is 11.8. The predicted octanol–water partition coefficient (Wildman–Crippen LogP) is 2.25. The second-order valence-electron chi connectivity index (χ2n) is 4.36. The summed E-state index contributed by atoms with van der Waals surface area (Å²) in [5, 5.41) is 0. The molecule has 0 heterocycles. The van der Waals surface area contributed by atoms with Crippen LogP contribution in [-0.2, 0) is 6.42 Å². The Balaban J connectivity index is 2.26. The van der Waals surface area contributed by atoms with Gasteiger partial charge in [0, 0.05) is 22.5 Å². The van der Waals surface area contributed by atoms with Crippen LogP contribution >= 0.6 is 0 Å². The number of fused-ring (bicyclic) bond motifs is 2. The molecule has 0 bridgehead atoms. The Kier molecular flexibility index (Phi) is 2.15. The van der Waals surface area contributed by atoms with Crippen molar-refractivity contribution in [2.24, 2.45) is 11.5 Å². The lowest BCUT2D eigenvalue weighted by atomic mass is 9.85. The van der Waals surface area contributed by atoms with E-state index in [9.17, 15) is 0 Å². The monoisotopic (exact) mass is 222 g/mol. The molecule has 0 radical (unpaired) electrons. The summed E-state index contributed by atoms with van der Waals surface area (Å²) in [4.78, 5) is 0. The minimum absolute atomic E-state index is 0.744. The third kappa shape index (κ3) is 1.58. The van der Waals surface area contributed by atoms with Crippen LogP contribution in [0.4, 0.5) is 0 Å². The molecule has 2 nitrogen and oxygen atoms in total. The molecule has 0 atom stereocenters. The quantitative estimate of drug-likeness (QED) is 0.707. The van der Waals surface area contributed by atoms with E-state index >= 15 is 0 Å². The van der Waals surface area contributed by atoms with Gasteiger partial charge in [-0.15, -0.1) is 0 Å². The summed E-state index contributed by atoms with van der Waals surface area (Å²) < 4.78 is 0. The molecule has 84 valence electrons. The van der Waals surface area contributed by atoms with E-state index in [-0.39, 0.29) is 0 Å². The zero-order valence-corrected chi connectivity index (χ0v) is 9.48. The molecule has 1 aromatic rings. The Bertz CT molecular complexity index is 601. The number of nitrogens with two attached hydrogens (primary N) is 2. The number of rotatable bonds is 0. The van der Waals surface area contributed by atoms with Crippen molar-refractivity contribution in [3.63, 3.8) is 0 Å². The number of allylic oxidation sites excluding steroid dienone is 6. The Hall–Kier alpha value is -2.22. The molecule has 0 aliphatic heterocycles. The standard InChI is InChI=1S/C15H14N2/c16-12-6-3-5-11-8-10-4-1-2-7-13(10)15(17)14(11)9-12/h1-7,9H,8,16-17H2. The van der Waals surface area contributed by atoms with E-state index in [2.05, 4.69) is 24.3 Å². The normalized spacial score (nSPS) is 17.9. The molecule has 0 fully saturated rings. The highest BCUT2D eigenvalue weighted by atomic mass is 14.6. The molecule has 0 aromatic heterocycles. The minimum Gasteiger partial charge on any atom is -0.399 e. The maximum absolute atomic E-state index is 6.24. The van der Waals surface area contributed by atoms with Crippen molar-refractivity contribution in [1.29, 1.82) is 0 Å². The second kappa shape index (κ2) is 3.67. The highest BCUT2D eigenvalue weighted by Crippen LogP contribution is 2.33. The second-order valence-corrected chi connectivity index (χ2v) is 4.36. The van der Waals surface area contributed by atoms with Gasteiger partial charge in [-0.25, -0.2) is 0 Å². The first-order valence-electron chi connectivity index (χ1n) is 5.68. The molecule has 0 amide bonds. The first kappa shape index (κ1) is 9.97. The summed E-state index contributed by atoms with van der Waals surface area (Å²) in [6.45, 7) is 0. The molecule has 1 aromatic carbocycles. The Morgan fingerprint density at radius 1 is 1.06 bits per heavy atom. The fourth-order valence-corrected chi connectivity index (χ4v) is 2.36. The van der Waals surface area contributed by atoms with E-state index in [1.807, 2.05) is 24.3 Å². The van der Waals surface area contributed by atoms with E-state index < -0.39 is 0 Å². The van der Waals surface area contributed by atoms with Crippen molar-refractivity contribution < 1.29 is 0 Å². The molecule has 0 saturated heterocycles. The van der Waals surface area contributed by atoms with E-state index in [4.69, 9.17) is 11.5 Å². The van der Waals surface area contributed by atoms with E-state index in [1.165, 1.54) is 11.1 Å². The van der Waals surface area contributed by atoms with Crippen molar-refractivity contribution in [3.05, 3.63) is 76.5 Å². The zero-order valence-electron chi connectivity index (χ0n) is 9.48. The average molecular weight is 222 g/mol. The Morgan fingerprint density at radius 3 is 2.76 bits per heavy atom. The maximum Gasteiger partial charge on any atom is 0.0467 e. The van der Waals surface area contributed by atoms with Crippen LogP contribution in [0.25, 0.3) is 5.70 Å². The largest absolute Gasteiger partial charge is 0.399 e. The van der Waals surface area contributed by atoms with Crippen LogP contribution in [0.2, 0.25) is 0 Å².